The lowest BCUT2D eigenvalue weighted by molar-refractivity contribution is 0.101. The molecule has 266 valence electrons. The van der Waals surface area contributed by atoms with Crippen LogP contribution >= 0.6 is 22.7 Å². The molecule has 4 heterocycles. The lowest BCUT2D eigenvalue weighted by atomic mass is 10.1. The molecule has 2 unspecified atom stereocenters. The molecule has 2 atom stereocenters. The molecule has 4 aromatic heterocycles. The second kappa shape index (κ2) is 13.5. The molecule has 6 aromatic rings. The average Bonchev–Trinajstić information content (AvgIpc) is 3.76. The van der Waals surface area contributed by atoms with Crippen molar-refractivity contribution in [2.24, 2.45) is 0 Å². The van der Waals surface area contributed by atoms with Crippen LogP contribution < -0.4 is 10.6 Å². The fraction of sp³-hybridized carbons (Fsp3) is 0.235. The molecule has 2 amide bonds. The van der Waals surface area contributed by atoms with E-state index in [1.807, 2.05) is 29.6 Å². The van der Waals surface area contributed by atoms with Crippen molar-refractivity contribution in [1.82, 2.24) is 20.4 Å². The van der Waals surface area contributed by atoms with Gasteiger partial charge in [-0.15, -0.1) is 32.9 Å². The molecule has 0 spiro atoms. The Labute approximate surface area is 305 Å². The van der Waals surface area contributed by atoms with E-state index >= 15 is 0 Å². The van der Waals surface area contributed by atoms with Crippen molar-refractivity contribution in [1.29, 1.82) is 0 Å². The minimum atomic E-state index is -3.67. The Bertz CT molecular complexity index is 2490. The minimum Gasteiger partial charge on any atom is -0.402 e. The molecule has 0 radical (unpaired) electrons. The number of anilines is 2. The molecule has 0 aliphatic heterocycles. The fourth-order valence-electron chi connectivity index (χ4n) is 6.01. The predicted octanol–water partition coefficient (Wildman–Crippen LogP) is 6.46. The molecule has 14 nitrogen and oxygen atoms in total. The summed E-state index contributed by atoms with van der Waals surface area (Å²) in [5, 5.41) is 21.8. The fourth-order valence-corrected chi connectivity index (χ4v) is 11.2. The standard InChI is InChI=1S/C34H28N6O8S4/c41-29(35-33-39-37-31(47-33)27-2-1-17-49-27)20-5-10-23(11-6-20)52(45,46)25-12-7-21(18-25)26-15-16-28(50-26)32-38-40-34(48-32)36-30(42)19-3-8-22(9-4-19)51(43,44)24-13-14-24/h1-6,8-11,15-17,21,24-25H,7,12-14,18H2,(H,35,39,41)(H,36,40,42). The van der Waals surface area contributed by atoms with E-state index < -0.39 is 36.7 Å². The SMILES string of the molecule is O=C(Nc1nnc(-c2cccs2)o1)c1ccc(S(=O)(=O)C2CCC(c3ccc(-c4nnc(NC(=O)c5ccc(S(=O)(=O)C6CC6)cc5)o4)s3)C2)cc1. The average molecular weight is 777 g/mol. The highest BCUT2D eigenvalue weighted by atomic mass is 32.2. The van der Waals surface area contributed by atoms with Gasteiger partial charge < -0.3 is 8.83 Å². The van der Waals surface area contributed by atoms with E-state index in [2.05, 4.69) is 31.0 Å². The molecule has 2 aliphatic rings. The second-order valence-corrected chi connectivity index (χ2v) is 18.9. The highest BCUT2D eigenvalue weighted by molar-refractivity contribution is 7.92. The molecule has 2 aromatic carbocycles. The van der Waals surface area contributed by atoms with Gasteiger partial charge in [0.25, 0.3) is 23.6 Å². The van der Waals surface area contributed by atoms with Crippen molar-refractivity contribution in [3.05, 3.63) is 94.2 Å². The number of hydrogen-bond acceptors (Lipinski definition) is 14. The number of nitrogens with zero attached hydrogens (tertiary/aromatic N) is 4. The van der Waals surface area contributed by atoms with Gasteiger partial charge in [-0.25, -0.2) is 16.8 Å². The van der Waals surface area contributed by atoms with Gasteiger partial charge in [0.1, 0.15) is 0 Å². The third-order valence-corrected chi connectivity index (χ3v) is 15.5. The molecule has 2 N–H and O–H groups in total. The Balaban J connectivity index is 0.867. The summed E-state index contributed by atoms with van der Waals surface area (Å²) in [7, 11) is -7.03. The lowest BCUT2D eigenvalue weighted by Crippen LogP contribution is -2.19. The summed E-state index contributed by atoms with van der Waals surface area (Å²) < 4.78 is 63.2. The Hall–Kier alpha value is -5.04. The van der Waals surface area contributed by atoms with Crippen molar-refractivity contribution in [3.63, 3.8) is 0 Å². The Kier molecular flexibility index (Phi) is 8.84. The minimum absolute atomic E-state index is 0.00541. The summed E-state index contributed by atoms with van der Waals surface area (Å²) in [6.07, 6.45) is 2.90. The van der Waals surface area contributed by atoms with Crippen LogP contribution in [0.15, 0.2) is 96.8 Å². The number of carbonyl (C=O) groups excluding carboxylic acids is 2. The van der Waals surface area contributed by atoms with Gasteiger partial charge in [-0.05, 0) is 110 Å². The number of rotatable bonds is 11. The van der Waals surface area contributed by atoms with E-state index in [-0.39, 0.29) is 55.9 Å². The topological polar surface area (TPSA) is 204 Å². The zero-order valence-corrected chi connectivity index (χ0v) is 30.2. The number of carbonyl (C=O) groups is 2. The van der Waals surface area contributed by atoms with Gasteiger partial charge in [0.2, 0.25) is 0 Å². The van der Waals surface area contributed by atoms with Crippen molar-refractivity contribution < 1.29 is 35.3 Å². The monoisotopic (exact) mass is 776 g/mol. The number of thiophene rings is 2. The zero-order chi connectivity index (χ0) is 36.0. The lowest BCUT2D eigenvalue weighted by Gasteiger charge is -2.13. The number of hydrogen-bond donors (Lipinski definition) is 2. The maximum absolute atomic E-state index is 13.6. The van der Waals surface area contributed by atoms with Gasteiger partial charge in [-0.2, -0.15) is 0 Å². The summed E-state index contributed by atoms with van der Waals surface area (Å²) in [5.41, 5.74) is 0.480. The zero-order valence-electron chi connectivity index (χ0n) is 27.0. The molecule has 2 aliphatic carbocycles. The number of aromatic nitrogens is 4. The van der Waals surface area contributed by atoms with E-state index in [0.29, 0.717) is 37.0 Å². The van der Waals surface area contributed by atoms with E-state index in [1.165, 1.54) is 71.2 Å². The predicted molar refractivity (Wildman–Crippen MR) is 192 cm³/mol. The highest BCUT2D eigenvalue weighted by Gasteiger charge is 2.38. The summed E-state index contributed by atoms with van der Waals surface area (Å²) >= 11 is 2.84. The van der Waals surface area contributed by atoms with Crippen molar-refractivity contribution in [2.75, 3.05) is 10.6 Å². The maximum atomic E-state index is 13.6. The molecule has 2 saturated carbocycles. The third-order valence-electron chi connectivity index (χ3n) is 8.94. The van der Waals surface area contributed by atoms with Gasteiger partial charge in [-0.1, -0.05) is 16.3 Å². The van der Waals surface area contributed by atoms with E-state index in [4.69, 9.17) is 8.83 Å². The number of sulfone groups is 2. The van der Waals surface area contributed by atoms with Gasteiger partial charge in [0, 0.05) is 16.0 Å². The Morgan fingerprint density at radius 3 is 1.71 bits per heavy atom. The van der Waals surface area contributed by atoms with E-state index in [0.717, 1.165) is 9.75 Å². The molecule has 0 saturated heterocycles. The van der Waals surface area contributed by atoms with Gasteiger partial charge in [-0.3, -0.25) is 20.2 Å². The number of nitrogens with one attached hydrogen (secondary N) is 2. The van der Waals surface area contributed by atoms with Crippen LogP contribution in [0.2, 0.25) is 0 Å². The first-order valence-corrected chi connectivity index (χ1v) is 20.9. The van der Waals surface area contributed by atoms with Crippen LogP contribution in [0.5, 0.6) is 0 Å². The van der Waals surface area contributed by atoms with Crippen LogP contribution in [-0.2, 0) is 19.7 Å². The van der Waals surface area contributed by atoms with Gasteiger partial charge in [0.15, 0.2) is 19.7 Å². The van der Waals surface area contributed by atoms with Crippen LogP contribution in [0.1, 0.15) is 63.6 Å². The summed E-state index contributed by atoms with van der Waals surface area (Å²) in [5.74, 6) is -0.545. The van der Waals surface area contributed by atoms with Gasteiger partial charge in [0.05, 0.1) is 30.0 Å². The first-order valence-electron chi connectivity index (χ1n) is 16.2. The van der Waals surface area contributed by atoms with Crippen LogP contribution in [0.3, 0.4) is 0 Å². The maximum Gasteiger partial charge on any atom is 0.322 e. The molecule has 8 rings (SSSR count). The first kappa shape index (κ1) is 34.1. The molecular weight excluding hydrogens is 749 g/mol. The van der Waals surface area contributed by atoms with Crippen LogP contribution in [-0.4, -0.2) is 59.5 Å². The molecular formula is C34H28N6O8S4. The van der Waals surface area contributed by atoms with E-state index in [1.54, 1.807) is 0 Å². The summed E-state index contributed by atoms with van der Waals surface area (Å²) in [6, 6.07) is 18.7. The number of benzene rings is 2. The molecule has 18 heteroatoms. The molecule has 52 heavy (non-hydrogen) atoms. The smallest absolute Gasteiger partial charge is 0.322 e. The second-order valence-electron chi connectivity index (χ2n) is 12.4. The normalized spacial score (nSPS) is 17.6. The van der Waals surface area contributed by atoms with Crippen LogP contribution in [0, 0.1) is 0 Å². The first-order chi connectivity index (χ1) is 25.0. The Morgan fingerprint density at radius 2 is 1.17 bits per heavy atom. The van der Waals surface area contributed by atoms with Crippen molar-refractivity contribution in [2.45, 2.75) is 58.3 Å². The van der Waals surface area contributed by atoms with E-state index in [9.17, 15) is 26.4 Å². The highest BCUT2D eigenvalue weighted by Crippen LogP contribution is 2.43. The number of amides is 2. The summed E-state index contributed by atoms with van der Waals surface area (Å²) in [6.45, 7) is 0. The van der Waals surface area contributed by atoms with Crippen LogP contribution in [0.4, 0.5) is 12.0 Å². The van der Waals surface area contributed by atoms with Crippen molar-refractivity contribution >= 4 is 66.2 Å². The third kappa shape index (κ3) is 6.81. The molecule has 0 bridgehead atoms. The van der Waals surface area contributed by atoms with Crippen molar-refractivity contribution in [3.8, 4) is 21.5 Å². The quantitative estimate of drug-likeness (QED) is 0.146. The summed E-state index contributed by atoms with van der Waals surface area (Å²) in [4.78, 5) is 28.3. The van der Waals surface area contributed by atoms with Gasteiger partial charge >= 0.3 is 12.0 Å². The molecule has 2 fully saturated rings. The largest absolute Gasteiger partial charge is 0.402 e. The van der Waals surface area contributed by atoms with Crippen LogP contribution in [0.25, 0.3) is 21.5 Å². The Morgan fingerprint density at radius 1 is 0.635 bits per heavy atom.